The molecule has 0 aromatic rings. The summed E-state index contributed by atoms with van der Waals surface area (Å²) in [5.41, 5.74) is 0. The molecular weight excluding hydrogens is 402 g/mol. The minimum Gasteiger partial charge on any atom is -0.346 e. The van der Waals surface area contributed by atoms with Crippen LogP contribution in [0.2, 0.25) is 0 Å². The maximum Gasteiger partial charge on any atom is 0.222 e. The SMILES string of the molecule is CCCCCCCCCCCCCCCCCCN(C)C(=O)CCCCCCCCCCC. The Morgan fingerprint density at radius 3 is 1.03 bits per heavy atom. The lowest BCUT2D eigenvalue weighted by Crippen LogP contribution is -2.27. The molecule has 0 saturated heterocycles. The lowest BCUT2D eigenvalue weighted by Gasteiger charge is -2.17. The van der Waals surface area contributed by atoms with E-state index in [2.05, 4.69) is 13.8 Å². The van der Waals surface area contributed by atoms with Gasteiger partial charge in [0.15, 0.2) is 0 Å². The summed E-state index contributed by atoms with van der Waals surface area (Å²) in [5.74, 6) is 0.360. The fourth-order valence-corrected chi connectivity index (χ4v) is 4.80. The van der Waals surface area contributed by atoms with Crippen LogP contribution in [0.3, 0.4) is 0 Å². The Bertz CT molecular complexity index is 381. The molecule has 0 spiro atoms. The van der Waals surface area contributed by atoms with Gasteiger partial charge in [-0.25, -0.2) is 0 Å². The molecule has 0 aliphatic rings. The van der Waals surface area contributed by atoms with Crippen LogP contribution in [0, 0.1) is 0 Å². The van der Waals surface area contributed by atoms with Gasteiger partial charge < -0.3 is 4.90 Å². The number of rotatable bonds is 27. The van der Waals surface area contributed by atoms with Gasteiger partial charge in [-0.1, -0.05) is 162 Å². The Labute approximate surface area is 210 Å². The van der Waals surface area contributed by atoms with Crippen molar-refractivity contribution in [2.75, 3.05) is 13.6 Å². The van der Waals surface area contributed by atoms with Gasteiger partial charge in [-0.2, -0.15) is 0 Å². The molecule has 0 heterocycles. The van der Waals surface area contributed by atoms with Crippen LogP contribution in [-0.2, 0) is 4.79 Å². The number of hydrogen-bond acceptors (Lipinski definition) is 1. The molecule has 2 heteroatoms. The van der Waals surface area contributed by atoms with Gasteiger partial charge in [0.2, 0.25) is 5.91 Å². The van der Waals surface area contributed by atoms with E-state index in [1.165, 1.54) is 154 Å². The highest BCUT2D eigenvalue weighted by molar-refractivity contribution is 5.75. The van der Waals surface area contributed by atoms with Crippen molar-refractivity contribution in [3.8, 4) is 0 Å². The molecule has 0 aromatic carbocycles. The molecule has 0 saturated carbocycles. The molecule has 0 atom stereocenters. The van der Waals surface area contributed by atoms with Gasteiger partial charge >= 0.3 is 0 Å². The molecule has 198 valence electrons. The van der Waals surface area contributed by atoms with E-state index in [4.69, 9.17) is 0 Å². The monoisotopic (exact) mass is 465 g/mol. The van der Waals surface area contributed by atoms with Crippen LogP contribution in [0.1, 0.15) is 181 Å². The van der Waals surface area contributed by atoms with Gasteiger partial charge in [0.1, 0.15) is 0 Å². The molecule has 0 unspecified atom stereocenters. The van der Waals surface area contributed by atoms with E-state index < -0.39 is 0 Å². The number of carbonyl (C=O) groups is 1. The van der Waals surface area contributed by atoms with Crippen molar-refractivity contribution >= 4 is 5.91 Å². The van der Waals surface area contributed by atoms with Crippen molar-refractivity contribution in [2.24, 2.45) is 0 Å². The molecule has 0 bridgehead atoms. The summed E-state index contributed by atoms with van der Waals surface area (Å²) < 4.78 is 0. The van der Waals surface area contributed by atoms with E-state index in [0.717, 1.165) is 19.4 Å². The second-order valence-electron chi connectivity index (χ2n) is 10.7. The van der Waals surface area contributed by atoms with Crippen LogP contribution in [0.25, 0.3) is 0 Å². The molecule has 0 N–H and O–H groups in total. The number of nitrogens with zero attached hydrogens (tertiary/aromatic N) is 1. The van der Waals surface area contributed by atoms with Gasteiger partial charge in [-0.3, -0.25) is 4.79 Å². The average Bonchev–Trinajstić information content (AvgIpc) is 2.82. The molecule has 0 aliphatic carbocycles. The minimum absolute atomic E-state index is 0.360. The molecule has 0 fully saturated rings. The second kappa shape index (κ2) is 27.7. The van der Waals surface area contributed by atoms with Crippen LogP contribution in [0.5, 0.6) is 0 Å². The van der Waals surface area contributed by atoms with Crippen molar-refractivity contribution in [1.82, 2.24) is 4.90 Å². The van der Waals surface area contributed by atoms with Gasteiger partial charge in [-0.15, -0.1) is 0 Å². The normalized spacial score (nSPS) is 11.2. The first kappa shape index (κ1) is 32.5. The summed E-state index contributed by atoms with van der Waals surface area (Å²) in [6, 6.07) is 0. The topological polar surface area (TPSA) is 20.3 Å². The van der Waals surface area contributed by atoms with E-state index in [0.29, 0.717) is 5.91 Å². The van der Waals surface area contributed by atoms with Crippen LogP contribution in [0.4, 0.5) is 0 Å². The summed E-state index contributed by atoms with van der Waals surface area (Å²) in [6.07, 6.45) is 35.0. The summed E-state index contributed by atoms with van der Waals surface area (Å²) in [5, 5.41) is 0. The second-order valence-corrected chi connectivity index (χ2v) is 10.7. The lowest BCUT2D eigenvalue weighted by atomic mass is 10.0. The first-order valence-electron chi connectivity index (χ1n) is 15.5. The smallest absolute Gasteiger partial charge is 0.222 e. The molecule has 0 radical (unpaired) electrons. The maximum atomic E-state index is 12.3. The zero-order valence-electron chi connectivity index (χ0n) is 23.4. The van der Waals surface area contributed by atoms with Crippen molar-refractivity contribution in [3.05, 3.63) is 0 Å². The predicted octanol–water partition coefficient (Wildman–Crippen LogP) is 10.6. The van der Waals surface area contributed by atoms with Crippen LogP contribution < -0.4 is 0 Å². The maximum absolute atomic E-state index is 12.3. The van der Waals surface area contributed by atoms with Crippen LogP contribution in [0.15, 0.2) is 0 Å². The van der Waals surface area contributed by atoms with Gasteiger partial charge in [0, 0.05) is 20.0 Å². The van der Waals surface area contributed by atoms with Crippen molar-refractivity contribution < 1.29 is 4.79 Å². The highest BCUT2D eigenvalue weighted by atomic mass is 16.2. The molecule has 33 heavy (non-hydrogen) atoms. The summed E-state index contributed by atoms with van der Waals surface area (Å²) in [7, 11) is 2.00. The molecule has 0 rings (SSSR count). The van der Waals surface area contributed by atoms with E-state index in [-0.39, 0.29) is 0 Å². The zero-order valence-corrected chi connectivity index (χ0v) is 23.4. The molecule has 0 aliphatic heterocycles. The Kier molecular flexibility index (Phi) is 27.3. The Hall–Kier alpha value is -0.530. The first-order chi connectivity index (χ1) is 16.2. The summed E-state index contributed by atoms with van der Waals surface area (Å²) >= 11 is 0. The molecular formula is C31H63NO. The van der Waals surface area contributed by atoms with Crippen LogP contribution in [-0.4, -0.2) is 24.4 Å². The third kappa shape index (κ3) is 25.9. The molecule has 2 nitrogen and oxygen atoms in total. The molecule has 1 amide bonds. The summed E-state index contributed by atoms with van der Waals surface area (Å²) in [4.78, 5) is 14.2. The highest BCUT2D eigenvalue weighted by Crippen LogP contribution is 2.14. The van der Waals surface area contributed by atoms with E-state index in [1.54, 1.807) is 0 Å². The number of amides is 1. The summed E-state index contributed by atoms with van der Waals surface area (Å²) in [6.45, 7) is 5.52. The number of carbonyl (C=O) groups excluding carboxylic acids is 1. The Morgan fingerprint density at radius 2 is 0.697 bits per heavy atom. The van der Waals surface area contributed by atoms with Crippen LogP contribution >= 0.6 is 0 Å². The van der Waals surface area contributed by atoms with Crippen molar-refractivity contribution in [2.45, 2.75) is 181 Å². The highest BCUT2D eigenvalue weighted by Gasteiger charge is 2.07. The van der Waals surface area contributed by atoms with E-state index in [1.807, 2.05) is 11.9 Å². The lowest BCUT2D eigenvalue weighted by molar-refractivity contribution is -0.130. The Balaban J connectivity index is 3.27. The minimum atomic E-state index is 0.360. The van der Waals surface area contributed by atoms with Gasteiger partial charge in [0.05, 0.1) is 0 Å². The fourth-order valence-electron chi connectivity index (χ4n) is 4.80. The van der Waals surface area contributed by atoms with E-state index in [9.17, 15) is 4.79 Å². The third-order valence-electron chi connectivity index (χ3n) is 7.27. The van der Waals surface area contributed by atoms with Crippen molar-refractivity contribution in [3.63, 3.8) is 0 Å². The zero-order chi connectivity index (χ0) is 24.2. The van der Waals surface area contributed by atoms with E-state index >= 15 is 0 Å². The Morgan fingerprint density at radius 1 is 0.424 bits per heavy atom. The third-order valence-corrected chi connectivity index (χ3v) is 7.27. The standard InChI is InChI=1S/C31H63NO/c1-4-6-8-10-12-14-15-16-17-18-19-20-22-24-26-28-30-32(3)31(33)29-27-25-23-21-13-11-9-7-5-2/h4-30H2,1-3H3. The van der Waals surface area contributed by atoms with Gasteiger partial charge in [-0.05, 0) is 12.8 Å². The van der Waals surface area contributed by atoms with Crippen molar-refractivity contribution in [1.29, 1.82) is 0 Å². The fraction of sp³-hybridized carbons (Fsp3) is 0.968. The predicted molar refractivity (Wildman–Crippen MR) is 149 cm³/mol. The quantitative estimate of drug-likeness (QED) is 0.110. The van der Waals surface area contributed by atoms with Gasteiger partial charge in [0.25, 0.3) is 0 Å². The molecule has 0 aromatic heterocycles. The number of unbranched alkanes of at least 4 members (excludes halogenated alkanes) is 23. The first-order valence-corrected chi connectivity index (χ1v) is 15.5. The number of hydrogen-bond donors (Lipinski definition) is 0. The largest absolute Gasteiger partial charge is 0.346 e. The average molecular weight is 466 g/mol.